The van der Waals surface area contributed by atoms with Gasteiger partial charge >= 0.3 is 0 Å². The summed E-state index contributed by atoms with van der Waals surface area (Å²) in [4.78, 5) is 19.4. The van der Waals surface area contributed by atoms with Gasteiger partial charge in [-0.15, -0.1) is 0 Å². The number of nitrogens with two attached hydrogens (primary N) is 1. The zero-order chi connectivity index (χ0) is 20.3. The fourth-order valence-corrected chi connectivity index (χ4v) is 2.95. The minimum absolute atomic E-state index is 0.0101. The molecular formula is C23H27N3O2. The average molecular weight is 377 g/mol. The van der Waals surface area contributed by atoms with Gasteiger partial charge < -0.3 is 10.2 Å². The van der Waals surface area contributed by atoms with Gasteiger partial charge in [0.05, 0.1) is 5.69 Å². The molecule has 0 unspecified atom stereocenters. The first-order valence-electron chi connectivity index (χ1n) is 9.46. The molecule has 2 aromatic carbocycles. The molecule has 0 spiro atoms. The Morgan fingerprint density at radius 3 is 2.21 bits per heavy atom. The molecule has 0 bridgehead atoms. The maximum absolute atomic E-state index is 13.1. The van der Waals surface area contributed by atoms with Gasteiger partial charge in [0.15, 0.2) is 5.89 Å². The van der Waals surface area contributed by atoms with Crippen LogP contribution in [0.25, 0.3) is 0 Å². The van der Waals surface area contributed by atoms with E-state index in [1.54, 1.807) is 17.0 Å². The van der Waals surface area contributed by atoms with Crippen LogP contribution in [0, 0.1) is 6.92 Å². The smallest absolute Gasteiger partial charge is 0.231 e. The van der Waals surface area contributed by atoms with Crippen LogP contribution in [0.15, 0.2) is 59.0 Å². The zero-order valence-corrected chi connectivity index (χ0v) is 16.9. The average Bonchev–Trinajstić information content (AvgIpc) is 3.04. The molecule has 3 rings (SSSR count). The summed E-state index contributed by atoms with van der Waals surface area (Å²) in [6.45, 7) is 8.11. The monoisotopic (exact) mass is 377 g/mol. The number of rotatable bonds is 5. The first-order chi connectivity index (χ1) is 13.3. The van der Waals surface area contributed by atoms with Gasteiger partial charge in [-0.1, -0.05) is 39.0 Å². The van der Waals surface area contributed by atoms with Crippen molar-refractivity contribution >= 4 is 23.0 Å². The third kappa shape index (κ3) is 4.42. The fraction of sp³-hybridized carbons (Fsp3) is 0.304. The van der Waals surface area contributed by atoms with Crippen LogP contribution in [-0.2, 0) is 16.6 Å². The van der Waals surface area contributed by atoms with Crippen LogP contribution in [0.4, 0.5) is 17.1 Å². The van der Waals surface area contributed by atoms with Crippen LogP contribution in [0.2, 0.25) is 0 Å². The van der Waals surface area contributed by atoms with Gasteiger partial charge in [-0.2, -0.15) is 0 Å². The van der Waals surface area contributed by atoms with E-state index in [1.165, 1.54) is 0 Å². The lowest BCUT2D eigenvalue weighted by Crippen LogP contribution is -2.26. The lowest BCUT2D eigenvalue weighted by molar-refractivity contribution is -0.117. The van der Waals surface area contributed by atoms with Crippen molar-refractivity contribution in [2.24, 2.45) is 0 Å². The first kappa shape index (κ1) is 19.7. The Bertz CT molecular complexity index is 938. The summed E-state index contributed by atoms with van der Waals surface area (Å²) in [6, 6.07) is 16.9. The Balaban J connectivity index is 1.83. The van der Waals surface area contributed by atoms with Gasteiger partial charge in [-0.3, -0.25) is 9.69 Å². The molecule has 28 heavy (non-hydrogen) atoms. The largest absolute Gasteiger partial charge is 0.445 e. The van der Waals surface area contributed by atoms with Gasteiger partial charge in [0.1, 0.15) is 5.76 Å². The van der Waals surface area contributed by atoms with Crippen molar-refractivity contribution in [1.29, 1.82) is 0 Å². The van der Waals surface area contributed by atoms with Crippen LogP contribution >= 0.6 is 0 Å². The van der Waals surface area contributed by atoms with Gasteiger partial charge in [0, 0.05) is 35.3 Å². The lowest BCUT2D eigenvalue weighted by atomic mass is 9.97. The zero-order valence-electron chi connectivity index (χ0n) is 16.9. The normalized spacial score (nSPS) is 11.4. The van der Waals surface area contributed by atoms with Crippen LogP contribution in [-0.4, -0.2) is 10.9 Å². The van der Waals surface area contributed by atoms with Crippen LogP contribution in [0.5, 0.6) is 0 Å². The SMILES string of the molecule is Cc1nc(C(C)(C)C)oc1CCC(=O)N(c1ccccc1)c1ccc(N)cc1. The highest BCUT2D eigenvalue weighted by Gasteiger charge is 2.24. The Hall–Kier alpha value is -3.08. The lowest BCUT2D eigenvalue weighted by Gasteiger charge is -2.23. The predicted molar refractivity (Wildman–Crippen MR) is 113 cm³/mol. The quantitative estimate of drug-likeness (QED) is 0.623. The Kier molecular flexibility index (Phi) is 5.54. The molecule has 2 N–H and O–H groups in total. The Labute approximate surface area is 166 Å². The second-order valence-electron chi connectivity index (χ2n) is 7.93. The topological polar surface area (TPSA) is 72.4 Å². The van der Waals surface area contributed by atoms with Gasteiger partial charge in [-0.25, -0.2) is 4.98 Å². The van der Waals surface area contributed by atoms with Crippen molar-refractivity contribution in [1.82, 2.24) is 4.98 Å². The molecule has 0 saturated heterocycles. The molecule has 5 nitrogen and oxygen atoms in total. The third-order valence-corrected chi connectivity index (χ3v) is 4.52. The van der Waals surface area contributed by atoms with Crippen molar-refractivity contribution in [3.8, 4) is 0 Å². The number of carbonyl (C=O) groups excluding carboxylic acids is 1. The third-order valence-electron chi connectivity index (χ3n) is 4.52. The minimum atomic E-state index is -0.160. The standard InChI is InChI=1S/C23H27N3O2/c1-16-20(28-22(25-16)23(2,3)4)14-15-21(27)26(18-8-6-5-7-9-18)19-12-10-17(24)11-13-19/h5-13H,14-15,24H2,1-4H3. The molecule has 5 heteroatoms. The van der Waals surface area contributed by atoms with Crippen LogP contribution in [0.3, 0.4) is 0 Å². The molecule has 0 aliphatic rings. The number of carbonyl (C=O) groups is 1. The van der Waals surface area contributed by atoms with E-state index in [1.807, 2.05) is 49.4 Å². The summed E-state index contributed by atoms with van der Waals surface area (Å²) in [7, 11) is 0. The highest BCUT2D eigenvalue weighted by atomic mass is 16.4. The van der Waals surface area contributed by atoms with Crippen molar-refractivity contribution in [3.05, 3.63) is 71.9 Å². The number of nitrogen functional groups attached to an aromatic ring is 1. The van der Waals surface area contributed by atoms with E-state index in [9.17, 15) is 4.79 Å². The first-order valence-corrected chi connectivity index (χ1v) is 9.46. The molecule has 0 radical (unpaired) electrons. The van der Waals surface area contributed by atoms with E-state index in [4.69, 9.17) is 10.2 Å². The molecule has 1 heterocycles. The predicted octanol–water partition coefficient (Wildman–Crippen LogP) is 5.16. The minimum Gasteiger partial charge on any atom is -0.445 e. The molecular weight excluding hydrogens is 350 g/mol. The molecule has 0 aliphatic heterocycles. The summed E-state index contributed by atoms with van der Waals surface area (Å²) in [5.74, 6) is 1.46. The van der Waals surface area contributed by atoms with E-state index >= 15 is 0 Å². The molecule has 146 valence electrons. The number of hydrogen-bond donors (Lipinski definition) is 1. The summed E-state index contributed by atoms with van der Waals surface area (Å²) < 4.78 is 5.94. The number of nitrogens with zero attached hydrogens (tertiary/aromatic N) is 2. The number of benzene rings is 2. The highest BCUT2D eigenvalue weighted by molar-refractivity contribution is 6.00. The molecule has 1 amide bonds. The Morgan fingerprint density at radius 1 is 1.04 bits per heavy atom. The van der Waals surface area contributed by atoms with Gasteiger partial charge in [0.25, 0.3) is 0 Å². The molecule has 0 saturated carbocycles. The summed E-state index contributed by atoms with van der Waals surface area (Å²) in [6.07, 6.45) is 0.824. The van der Waals surface area contributed by atoms with Crippen molar-refractivity contribution < 1.29 is 9.21 Å². The van der Waals surface area contributed by atoms with Crippen molar-refractivity contribution in [2.45, 2.75) is 46.0 Å². The number of anilines is 3. The van der Waals surface area contributed by atoms with Crippen molar-refractivity contribution in [3.63, 3.8) is 0 Å². The molecule has 0 fully saturated rings. The molecule has 3 aromatic rings. The van der Waals surface area contributed by atoms with Crippen molar-refractivity contribution in [2.75, 3.05) is 10.6 Å². The molecule has 1 aromatic heterocycles. The number of aromatic nitrogens is 1. The van der Waals surface area contributed by atoms with E-state index in [-0.39, 0.29) is 11.3 Å². The maximum atomic E-state index is 13.1. The number of hydrogen-bond acceptors (Lipinski definition) is 4. The molecule has 0 aliphatic carbocycles. The number of amides is 1. The van der Waals surface area contributed by atoms with Gasteiger partial charge in [0.2, 0.25) is 5.91 Å². The maximum Gasteiger partial charge on any atom is 0.231 e. The summed E-state index contributed by atoms with van der Waals surface area (Å²) >= 11 is 0. The number of para-hydroxylation sites is 1. The summed E-state index contributed by atoms with van der Waals surface area (Å²) in [5, 5.41) is 0. The summed E-state index contributed by atoms with van der Waals surface area (Å²) in [5.41, 5.74) is 8.76. The van der Waals surface area contributed by atoms with Crippen LogP contribution in [0.1, 0.15) is 44.5 Å². The highest BCUT2D eigenvalue weighted by Crippen LogP contribution is 2.28. The van der Waals surface area contributed by atoms with Crippen LogP contribution < -0.4 is 10.6 Å². The second kappa shape index (κ2) is 7.89. The number of oxazole rings is 1. The fourth-order valence-electron chi connectivity index (χ4n) is 2.95. The second-order valence-corrected chi connectivity index (χ2v) is 7.93. The number of aryl methyl sites for hydroxylation is 2. The van der Waals surface area contributed by atoms with Gasteiger partial charge in [-0.05, 0) is 43.3 Å². The Morgan fingerprint density at radius 2 is 1.64 bits per heavy atom. The van der Waals surface area contributed by atoms with E-state index < -0.39 is 0 Å². The molecule has 0 atom stereocenters. The van der Waals surface area contributed by atoms with E-state index in [0.717, 1.165) is 22.8 Å². The van der Waals surface area contributed by atoms with E-state index in [2.05, 4.69) is 25.8 Å². The van der Waals surface area contributed by atoms with E-state index in [0.29, 0.717) is 24.4 Å².